The SMILES string of the molecule is CC(C)(C)c1ccc(Sc2nnnn2CC(=O)C(CC(=O)O)NC(=O)OCc2ccccc2)c(C(C)(C)C)c1. The van der Waals surface area contributed by atoms with E-state index < -0.39 is 30.3 Å². The van der Waals surface area contributed by atoms with E-state index in [1.54, 1.807) is 24.3 Å². The van der Waals surface area contributed by atoms with E-state index in [9.17, 15) is 19.5 Å². The molecule has 1 aromatic heterocycles. The number of carbonyl (C=O) groups is 3. The number of aromatic nitrogens is 4. The van der Waals surface area contributed by atoms with Gasteiger partial charge < -0.3 is 15.2 Å². The van der Waals surface area contributed by atoms with Crippen LogP contribution in [0.5, 0.6) is 0 Å². The minimum Gasteiger partial charge on any atom is -0.481 e. The van der Waals surface area contributed by atoms with Gasteiger partial charge in [-0.25, -0.2) is 9.48 Å². The third kappa shape index (κ3) is 8.64. The molecule has 0 saturated heterocycles. The molecule has 11 heteroatoms. The first-order chi connectivity index (χ1) is 18.2. The third-order valence-electron chi connectivity index (χ3n) is 5.93. The van der Waals surface area contributed by atoms with Crippen LogP contribution in [0, 0.1) is 0 Å². The minimum atomic E-state index is -1.32. The lowest BCUT2D eigenvalue weighted by molar-refractivity contribution is -0.139. The van der Waals surface area contributed by atoms with Gasteiger partial charge in [0, 0.05) is 4.90 Å². The van der Waals surface area contributed by atoms with Gasteiger partial charge in [0.1, 0.15) is 19.2 Å². The van der Waals surface area contributed by atoms with Gasteiger partial charge in [0.25, 0.3) is 0 Å². The number of carboxylic acids is 1. The van der Waals surface area contributed by atoms with E-state index in [0.717, 1.165) is 16.0 Å². The van der Waals surface area contributed by atoms with E-state index in [0.29, 0.717) is 5.16 Å². The van der Waals surface area contributed by atoms with E-state index in [1.165, 1.54) is 22.0 Å². The number of carboxylic acid groups (broad SMARTS) is 1. The van der Waals surface area contributed by atoms with Gasteiger partial charge in [-0.15, -0.1) is 5.10 Å². The second-order valence-corrected chi connectivity index (χ2v) is 12.3. The van der Waals surface area contributed by atoms with Crippen LogP contribution in [0.2, 0.25) is 0 Å². The molecular weight excluding hydrogens is 518 g/mol. The summed E-state index contributed by atoms with van der Waals surface area (Å²) in [5, 5.41) is 23.8. The van der Waals surface area contributed by atoms with Crippen molar-refractivity contribution in [2.75, 3.05) is 0 Å². The predicted octanol–water partition coefficient (Wildman–Crippen LogP) is 4.76. The number of nitrogens with zero attached hydrogens (tertiary/aromatic N) is 4. The predicted molar refractivity (Wildman–Crippen MR) is 147 cm³/mol. The fourth-order valence-electron chi connectivity index (χ4n) is 3.72. The van der Waals surface area contributed by atoms with Crippen molar-refractivity contribution < 1.29 is 24.2 Å². The van der Waals surface area contributed by atoms with Crippen LogP contribution in [0.15, 0.2) is 58.6 Å². The third-order valence-corrected chi connectivity index (χ3v) is 6.98. The van der Waals surface area contributed by atoms with E-state index in [4.69, 9.17) is 4.74 Å². The summed E-state index contributed by atoms with van der Waals surface area (Å²) in [6.07, 6.45) is -1.50. The van der Waals surface area contributed by atoms with E-state index >= 15 is 0 Å². The molecule has 10 nitrogen and oxygen atoms in total. The molecule has 39 heavy (non-hydrogen) atoms. The lowest BCUT2D eigenvalue weighted by Crippen LogP contribution is -2.44. The second kappa shape index (κ2) is 12.4. The number of hydrogen-bond acceptors (Lipinski definition) is 8. The minimum absolute atomic E-state index is 0.0153. The largest absolute Gasteiger partial charge is 0.481 e. The van der Waals surface area contributed by atoms with Crippen molar-refractivity contribution in [1.29, 1.82) is 0 Å². The molecule has 2 N–H and O–H groups in total. The molecule has 1 heterocycles. The average Bonchev–Trinajstić information content (AvgIpc) is 3.27. The Morgan fingerprint density at radius 3 is 2.33 bits per heavy atom. The zero-order chi connectivity index (χ0) is 28.8. The van der Waals surface area contributed by atoms with Crippen molar-refractivity contribution in [3.63, 3.8) is 0 Å². The normalized spacial score (nSPS) is 12.6. The summed E-state index contributed by atoms with van der Waals surface area (Å²) in [5.74, 6) is -1.81. The summed E-state index contributed by atoms with van der Waals surface area (Å²) >= 11 is 1.33. The molecule has 208 valence electrons. The van der Waals surface area contributed by atoms with Crippen molar-refractivity contribution in [3.8, 4) is 0 Å². The van der Waals surface area contributed by atoms with Crippen molar-refractivity contribution in [2.24, 2.45) is 0 Å². The van der Waals surface area contributed by atoms with Crippen molar-refractivity contribution in [1.82, 2.24) is 25.5 Å². The van der Waals surface area contributed by atoms with Gasteiger partial charge in [-0.05, 0) is 55.8 Å². The molecule has 0 spiro atoms. The van der Waals surface area contributed by atoms with E-state index in [1.807, 2.05) is 12.1 Å². The molecule has 1 atom stereocenters. The van der Waals surface area contributed by atoms with Crippen molar-refractivity contribution in [3.05, 3.63) is 65.2 Å². The molecule has 0 aliphatic rings. The lowest BCUT2D eigenvalue weighted by Gasteiger charge is -2.27. The lowest BCUT2D eigenvalue weighted by atomic mass is 9.81. The van der Waals surface area contributed by atoms with Gasteiger partial charge in [0.15, 0.2) is 5.78 Å². The van der Waals surface area contributed by atoms with Crippen LogP contribution < -0.4 is 5.32 Å². The molecule has 3 aromatic rings. The molecular formula is C28H35N5O5S. The number of tetrazole rings is 1. The zero-order valence-electron chi connectivity index (χ0n) is 23.1. The monoisotopic (exact) mass is 553 g/mol. The Kier molecular flexibility index (Phi) is 9.49. The summed E-state index contributed by atoms with van der Waals surface area (Å²) in [6.45, 7) is 12.5. The van der Waals surface area contributed by atoms with E-state index in [-0.39, 0.29) is 24.0 Å². The number of aliphatic carboxylic acids is 1. The molecule has 0 radical (unpaired) electrons. The molecule has 1 unspecified atom stereocenters. The first kappa shape index (κ1) is 29.8. The smallest absolute Gasteiger partial charge is 0.408 e. The highest BCUT2D eigenvalue weighted by Gasteiger charge is 2.27. The molecule has 3 rings (SSSR count). The average molecular weight is 554 g/mol. The highest BCUT2D eigenvalue weighted by atomic mass is 32.2. The van der Waals surface area contributed by atoms with Gasteiger partial charge in [0.05, 0.1) is 6.42 Å². The van der Waals surface area contributed by atoms with Crippen LogP contribution in [0.3, 0.4) is 0 Å². The number of carbonyl (C=O) groups excluding carboxylic acids is 2. The fraction of sp³-hybridized carbons (Fsp3) is 0.429. The van der Waals surface area contributed by atoms with Crippen molar-refractivity contribution >= 4 is 29.6 Å². The molecule has 0 aliphatic heterocycles. The van der Waals surface area contributed by atoms with Crippen LogP contribution in [-0.2, 0) is 38.3 Å². The summed E-state index contributed by atoms with van der Waals surface area (Å²) in [4.78, 5) is 37.8. The second-order valence-electron chi connectivity index (χ2n) is 11.3. The number of Topliss-reactive ketones (excluding diaryl/α,β-unsaturated/α-hetero) is 1. The van der Waals surface area contributed by atoms with Gasteiger partial charge in [0.2, 0.25) is 5.16 Å². The molecule has 0 bridgehead atoms. The number of ketones is 1. The Hall–Kier alpha value is -3.73. The summed E-state index contributed by atoms with van der Waals surface area (Å²) in [7, 11) is 0. The maximum atomic E-state index is 13.1. The Bertz CT molecular complexity index is 1310. The number of amides is 1. The number of benzene rings is 2. The van der Waals surface area contributed by atoms with Crippen LogP contribution in [0.4, 0.5) is 4.79 Å². The number of hydrogen-bond donors (Lipinski definition) is 2. The number of nitrogens with one attached hydrogen (secondary N) is 1. The number of rotatable bonds is 10. The van der Waals surface area contributed by atoms with Gasteiger partial charge in [-0.1, -0.05) is 84.0 Å². The molecule has 1 amide bonds. The fourth-order valence-corrected chi connectivity index (χ4v) is 4.82. The van der Waals surface area contributed by atoms with Crippen molar-refractivity contribution in [2.45, 2.75) is 88.0 Å². The van der Waals surface area contributed by atoms with Crippen LogP contribution in [0.25, 0.3) is 0 Å². The maximum Gasteiger partial charge on any atom is 0.408 e. The van der Waals surface area contributed by atoms with Crippen LogP contribution >= 0.6 is 11.8 Å². The summed E-state index contributed by atoms with van der Waals surface area (Å²) in [5.41, 5.74) is 2.90. The summed E-state index contributed by atoms with van der Waals surface area (Å²) in [6, 6.07) is 14.0. The Morgan fingerprint density at radius 2 is 1.72 bits per heavy atom. The zero-order valence-corrected chi connectivity index (χ0v) is 23.9. The topological polar surface area (TPSA) is 136 Å². The molecule has 0 fully saturated rings. The number of ether oxygens (including phenoxy) is 1. The number of alkyl carbamates (subject to hydrolysis) is 1. The Balaban J connectivity index is 1.75. The Morgan fingerprint density at radius 1 is 1.03 bits per heavy atom. The summed E-state index contributed by atoms with van der Waals surface area (Å²) < 4.78 is 6.47. The standard InChI is InChI=1S/C28H35N5O5S/c1-27(2,3)19-12-13-23(20(14-19)28(4,5)6)39-25-30-31-32-33(25)16-22(34)21(15-24(35)36)29-26(37)38-17-18-10-8-7-9-11-18/h7-14,21H,15-17H2,1-6H3,(H,29,37)(H,35,36). The quantitative estimate of drug-likeness (QED) is 0.364. The first-order valence-corrected chi connectivity index (χ1v) is 13.4. The highest BCUT2D eigenvalue weighted by molar-refractivity contribution is 7.99. The molecule has 0 aliphatic carbocycles. The van der Waals surface area contributed by atoms with Gasteiger partial charge >= 0.3 is 12.1 Å². The maximum absolute atomic E-state index is 13.1. The first-order valence-electron chi connectivity index (χ1n) is 12.5. The Labute approximate surface area is 232 Å². The molecule has 2 aromatic carbocycles. The van der Waals surface area contributed by atoms with Gasteiger partial charge in [-0.3, -0.25) is 9.59 Å². The highest BCUT2D eigenvalue weighted by Crippen LogP contribution is 2.38. The van der Waals surface area contributed by atoms with Gasteiger partial charge in [-0.2, -0.15) is 0 Å². The van der Waals surface area contributed by atoms with Crippen LogP contribution in [0.1, 0.15) is 64.7 Å². The van der Waals surface area contributed by atoms with E-state index in [2.05, 4.69) is 74.5 Å². The van der Waals surface area contributed by atoms with Crippen LogP contribution in [-0.4, -0.2) is 49.2 Å². The molecule has 0 saturated carbocycles.